The maximum absolute atomic E-state index is 6.56. The van der Waals surface area contributed by atoms with Crippen molar-refractivity contribution in [2.24, 2.45) is 5.73 Å². The Labute approximate surface area is 182 Å². The average molecular weight is 410 g/mol. The zero-order valence-corrected chi connectivity index (χ0v) is 17.8. The Morgan fingerprint density at radius 1 is 0.968 bits per heavy atom. The molecule has 2 saturated carbocycles. The number of fused-ring (bicyclic) bond motifs is 1. The van der Waals surface area contributed by atoms with Gasteiger partial charge in [-0.2, -0.15) is 0 Å². The van der Waals surface area contributed by atoms with Crippen LogP contribution in [0.25, 0.3) is 28.2 Å². The highest BCUT2D eigenvalue weighted by Crippen LogP contribution is 2.42. The third kappa shape index (κ3) is 3.20. The van der Waals surface area contributed by atoms with Crippen molar-refractivity contribution in [1.82, 2.24) is 14.4 Å². The Morgan fingerprint density at radius 3 is 2.35 bits per heavy atom. The highest BCUT2D eigenvalue weighted by atomic mass is 15.2. The summed E-state index contributed by atoms with van der Waals surface area (Å²) in [6.45, 7) is 2.02. The lowest BCUT2D eigenvalue weighted by Crippen LogP contribution is -2.43. The molecule has 0 aliphatic heterocycles. The van der Waals surface area contributed by atoms with Crippen LogP contribution < -0.4 is 11.1 Å². The van der Waals surface area contributed by atoms with Crippen LogP contribution in [0.1, 0.15) is 43.4 Å². The van der Waals surface area contributed by atoms with Gasteiger partial charge in [0, 0.05) is 28.9 Å². The van der Waals surface area contributed by atoms with Gasteiger partial charge in [-0.15, -0.1) is 0 Å². The van der Waals surface area contributed by atoms with Crippen molar-refractivity contribution in [2.75, 3.05) is 5.32 Å². The highest BCUT2D eigenvalue weighted by molar-refractivity contribution is 5.90. The monoisotopic (exact) mass is 409 g/mol. The summed E-state index contributed by atoms with van der Waals surface area (Å²) in [5, 5.41) is 3.77. The summed E-state index contributed by atoms with van der Waals surface area (Å²) in [5.41, 5.74) is 12.9. The smallest absolute Gasteiger partial charge is 0.236 e. The molecule has 0 atom stereocenters. The quantitative estimate of drug-likeness (QED) is 0.470. The molecule has 5 heteroatoms. The Bertz CT molecular complexity index is 1250. The highest BCUT2D eigenvalue weighted by Gasteiger charge is 2.34. The van der Waals surface area contributed by atoms with Gasteiger partial charge in [-0.3, -0.25) is 4.40 Å². The van der Waals surface area contributed by atoms with Crippen LogP contribution in [-0.4, -0.2) is 20.4 Å². The predicted molar refractivity (Wildman–Crippen MR) is 125 cm³/mol. The Balaban J connectivity index is 1.57. The number of nitrogens with two attached hydrogens (primary N) is 1. The molecule has 0 saturated heterocycles. The molecule has 3 N–H and O–H groups in total. The normalized spacial score (nSPS) is 17.5. The molecule has 31 heavy (non-hydrogen) atoms. The number of aromatic nitrogens is 3. The number of aryl methyl sites for hydroxylation is 1. The van der Waals surface area contributed by atoms with Gasteiger partial charge in [-0.1, -0.05) is 54.6 Å². The van der Waals surface area contributed by atoms with Crippen molar-refractivity contribution in [3.63, 3.8) is 0 Å². The van der Waals surface area contributed by atoms with E-state index < -0.39 is 0 Å². The van der Waals surface area contributed by atoms with E-state index in [1.165, 1.54) is 24.8 Å². The van der Waals surface area contributed by atoms with Gasteiger partial charge < -0.3 is 11.1 Å². The van der Waals surface area contributed by atoms with E-state index in [1.807, 2.05) is 6.92 Å². The molecule has 2 aliphatic rings. The zero-order chi connectivity index (χ0) is 21.0. The summed E-state index contributed by atoms with van der Waals surface area (Å²) in [5.74, 6) is 1.81. The van der Waals surface area contributed by atoms with E-state index in [9.17, 15) is 0 Å². The molecule has 0 amide bonds. The van der Waals surface area contributed by atoms with Gasteiger partial charge in [-0.05, 0) is 50.2 Å². The molecule has 156 valence electrons. The number of benzene rings is 2. The number of hydrogen-bond acceptors (Lipinski definition) is 4. The molecule has 6 rings (SSSR count). The molecular weight excluding hydrogens is 382 g/mol. The first-order valence-electron chi connectivity index (χ1n) is 11.2. The van der Waals surface area contributed by atoms with E-state index in [-0.39, 0.29) is 5.54 Å². The van der Waals surface area contributed by atoms with Crippen molar-refractivity contribution in [2.45, 2.75) is 50.6 Å². The molecule has 2 aromatic heterocycles. The van der Waals surface area contributed by atoms with Crippen LogP contribution in [0, 0.1) is 6.92 Å². The van der Waals surface area contributed by atoms with Gasteiger partial charge in [0.25, 0.3) is 0 Å². The van der Waals surface area contributed by atoms with E-state index in [0.717, 1.165) is 52.5 Å². The van der Waals surface area contributed by atoms with Gasteiger partial charge in [-0.25, -0.2) is 9.97 Å². The van der Waals surface area contributed by atoms with E-state index in [2.05, 4.69) is 70.5 Å². The molecule has 2 aromatic carbocycles. The summed E-state index contributed by atoms with van der Waals surface area (Å²) in [4.78, 5) is 9.73. The number of hydrogen-bond donors (Lipinski definition) is 2. The third-order valence-electron chi connectivity index (χ3n) is 6.69. The Hall–Kier alpha value is -3.18. The molecule has 5 nitrogen and oxygen atoms in total. The van der Waals surface area contributed by atoms with Crippen LogP contribution in [-0.2, 0) is 5.54 Å². The molecule has 2 aliphatic carbocycles. The van der Waals surface area contributed by atoms with Crippen LogP contribution in [0.5, 0.6) is 0 Å². The number of nitrogens with zero attached hydrogens (tertiary/aromatic N) is 3. The second-order valence-corrected chi connectivity index (χ2v) is 9.11. The molecule has 0 bridgehead atoms. The first kappa shape index (κ1) is 18.6. The molecule has 0 radical (unpaired) electrons. The van der Waals surface area contributed by atoms with Crippen molar-refractivity contribution < 1.29 is 0 Å². The van der Waals surface area contributed by atoms with E-state index in [4.69, 9.17) is 15.7 Å². The van der Waals surface area contributed by atoms with E-state index in [1.54, 1.807) is 0 Å². The van der Waals surface area contributed by atoms with E-state index in [0.29, 0.717) is 6.04 Å². The summed E-state index contributed by atoms with van der Waals surface area (Å²) in [6.07, 6.45) is 7.82. The second-order valence-electron chi connectivity index (χ2n) is 9.11. The van der Waals surface area contributed by atoms with Crippen LogP contribution in [0.2, 0.25) is 0 Å². The summed E-state index contributed by atoms with van der Waals surface area (Å²) < 4.78 is 2.11. The Kier molecular flexibility index (Phi) is 4.15. The fraction of sp³-hybridized carbons (Fsp3) is 0.308. The third-order valence-corrected chi connectivity index (χ3v) is 6.69. The number of anilines is 1. The van der Waals surface area contributed by atoms with Crippen LogP contribution in [0.15, 0.2) is 60.8 Å². The van der Waals surface area contributed by atoms with Crippen molar-refractivity contribution in [3.8, 4) is 22.4 Å². The molecule has 2 fully saturated rings. The maximum Gasteiger partial charge on any atom is 0.236 e. The topological polar surface area (TPSA) is 68.2 Å². The first-order chi connectivity index (χ1) is 15.1. The number of imidazole rings is 1. The van der Waals surface area contributed by atoms with E-state index >= 15 is 0 Å². The fourth-order valence-corrected chi connectivity index (χ4v) is 4.57. The largest absolute Gasteiger partial charge is 0.368 e. The number of rotatable bonds is 5. The predicted octanol–water partition coefficient (Wildman–Crippen LogP) is 5.28. The average Bonchev–Trinajstić information content (AvgIpc) is 3.51. The minimum absolute atomic E-state index is 0.156. The minimum atomic E-state index is -0.156. The van der Waals surface area contributed by atoms with Crippen molar-refractivity contribution in [3.05, 3.63) is 72.1 Å². The lowest BCUT2D eigenvalue weighted by molar-refractivity contribution is 0.253. The van der Waals surface area contributed by atoms with Gasteiger partial charge in [0.2, 0.25) is 5.78 Å². The van der Waals surface area contributed by atoms with Gasteiger partial charge in [0.05, 0.1) is 11.4 Å². The molecule has 4 aromatic rings. The molecular formula is C26H27N5. The van der Waals surface area contributed by atoms with Crippen molar-refractivity contribution >= 4 is 11.6 Å². The lowest BCUT2D eigenvalue weighted by atomic mass is 9.72. The molecule has 0 spiro atoms. The lowest BCUT2D eigenvalue weighted by Gasteiger charge is -2.38. The van der Waals surface area contributed by atoms with Crippen molar-refractivity contribution in [1.29, 1.82) is 0 Å². The zero-order valence-electron chi connectivity index (χ0n) is 17.8. The molecule has 2 heterocycles. The Morgan fingerprint density at radius 2 is 1.71 bits per heavy atom. The van der Waals surface area contributed by atoms with Crippen LogP contribution in [0.3, 0.4) is 0 Å². The van der Waals surface area contributed by atoms with Gasteiger partial charge in [0.15, 0.2) is 0 Å². The fourth-order valence-electron chi connectivity index (χ4n) is 4.57. The number of nitrogens with one attached hydrogen (secondary N) is 1. The molecule has 0 unspecified atom stereocenters. The van der Waals surface area contributed by atoms with Crippen LogP contribution >= 0.6 is 0 Å². The summed E-state index contributed by atoms with van der Waals surface area (Å²) >= 11 is 0. The SMILES string of the molecule is Cc1cn2c(NC3CC3)c(-c3ccccc3)c(-c3ccc(C4(N)CCC4)cc3)nc2n1. The first-order valence-corrected chi connectivity index (χ1v) is 11.2. The van der Waals surface area contributed by atoms with Crippen LogP contribution in [0.4, 0.5) is 5.82 Å². The van der Waals surface area contributed by atoms with Gasteiger partial charge in [0.1, 0.15) is 5.82 Å². The standard InChI is InChI=1S/C26H27N5/c1-17-16-31-24(29-21-12-13-21)22(18-6-3-2-4-7-18)23(30-25(31)28-17)19-8-10-20(11-9-19)26(27)14-5-15-26/h2-4,6-11,16,21,29H,5,12-15,27H2,1H3. The summed E-state index contributed by atoms with van der Waals surface area (Å²) in [6, 6.07) is 19.8. The second kappa shape index (κ2) is 6.92. The maximum atomic E-state index is 6.56. The minimum Gasteiger partial charge on any atom is -0.368 e. The summed E-state index contributed by atoms with van der Waals surface area (Å²) in [7, 11) is 0. The van der Waals surface area contributed by atoms with Gasteiger partial charge >= 0.3 is 0 Å².